The fourth-order valence-electron chi connectivity index (χ4n) is 1.54. The first-order valence-electron chi connectivity index (χ1n) is 5.78. The van der Waals surface area contributed by atoms with Crippen LogP contribution in [0.15, 0.2) is 58.8 Å². The number of aromatic nitrogens is 1. The van der Waals surface area contributed by atoms with E-state index in [4.69, 9.17) is 5.26 Å². The number of hydrogen-bond donors (Lipinski definition) is 1. The van der Waals surface area contributed by atoms with Crippen LogP contribution in [-0.4, -0.2) is 10.9 Å². The SMILES string of the molecule is N#C/C(=C/c1cccnc1)C(=O)Nc1cccc(Br)c1. The highest BCUT2D eigenvalue weighted by atomic mass is 79.9. The highest BCUT2D eigenvalue weighted by Gasteiger charge is 2.09. The molecule has 1 N–H and O–H groups in total. The summed E-state index contributed by atoms with van der Waals surface area (Å²) in [7, 11) is 0. The maximum Gasteiger partial charge on any atom is 0.266 e. The lowest BCUT2D eigenvalue weighted by atomic mass is 10.1. The summed E-state index contributed by atoms with van der Waals surface area (Å²) in [6.07, 6.45) is 4.72. The lowest BCUT2D eigenvalue weighted by Crippen LogP contribution is -2.13. The van der Waals surface area contributed by atoms with Crippen LogP contribution in [0, 0.1) is 11.3 Å². The summed E-state index contributed by atoms with van der Waals surface area (Å²) in [6.45, 7) is 0. The average Bonchev–Trinajstić information content (AvgIpc) is 2.45. The van der Waals surface area contributed by atoms with Crippen molar-refractivity contribution in [2.24, 2.45) is 0 Å². The van der Waals surface area contributed by atoms with Gasteiger partial charge in [0.15, 0.2) is 0 Å². The van der Waals surface area contributed by atoms with Crippen LogP contribution in [0.4, 0.5) is 5.69 Å². The van der Waals surface area contributed by atoms with E-state index in [0.29, 0.717) is 11.3 Å². The minimum Gasteiger partial charge on any atom is -0.321 e. The minimum atomic E-state index is -0.450. The van der Waals surface area contributed by atoms with Gasteiger partial charge in [0, 0.05) is 22.6 Å². The number of carbonyl (C=O) groups excluding carboxylic acids is 1. The van der Waals surface area contributed by atoms with Crippen molar-refractivity contribution in [3.05, 3.63) is 64.4 Å². The van der Waals surface area contributed by atoms with Gasteiger partial charge in [0.1, 0.15) is 11.6 Å². The van der Waals surface area contributed by atoms with Gasteiger partial charge < -0.3 is 5.32 Å². The molecule has 0 atom stereocenters. The van der Waals surface area contributed by atoms with Crippen LogP contribution in [0.2, 0.25) is 0 Å². The van der Waals surface area contributed by atoms with Crippen molar-refractivity contribution < 1.29 is 4.79 Å². The summed E-state index contributed by atoms with van der Waals surface area (Å²) in [4.78, 5) is 16.0. The van der Waals surface area contributed by atoms with Crippen molar-refractivity contribution in [2.75, 3.05) is 5.32 Å². The van der Waals surface area contributed by atoms with E-state index in [2.05, 4.69) is 26.2 Å². The zero-order valence-corrected chi connectivity index (χ0v) is 12.0. The third-order valence-electron chi connectivity index (χ3n) is 2.44. The van der Waals surface area contributed by atoms with Crippen molar-refractivity contribution in [2.45, 2.75) is 0 Å². The third kappa shape index (κ3) is 3.77. The predicted octanol–water partition coefficient (Wildman–Crippen LogP) is 3.39. The Bertz CT molecular complexity index is 690. The number of nitrogens with one attached hydrogen (secondary N) is 1. The molecule has 2 rings (SSSR count). The van der Waals surface area contributed by atoms with Crippen molar-refractivity contribution in [3.8, 4) is 6.07 Å². The summed E-state index contributed by atoms with van der Waals surface area (Å²) in [5.74, 6) is -0.450. The van der Waals surface area contributed by atoms with Gasteiger partial charge >= 0.3 is 0 Å². The van der Waals surface area contributed by atoms with E-state index >= 15 is 0 Å². The molecule has 1 heterocycles. The maximum atomic E-state index is 12.0. The molecule has 0 unspecified atom stereocenters. The number of nitriles is 1. The van der Waals surface area contributed by atoms with Crippen LogP contribution in [0.3, 0.4) is 0 Å². The van der Waals surface area contributed by atoms with Crippen molar-refractivity contribution in [3.63, 3.8) is 0 Å². The van der Waals surface area contributed by atoms with Gasteiger partial charge in [-0.1, -0.05) is 28.1 Å². The topological polar surface area (TPSA) is 65.8 Å². The Hall–Kier alpha value is -2.45. The fraction of sp³-hybridized carbons (Fsp3) is 0. The lowest BCUT2D eigenvalue weighted by Gasteiger charge is -2.04. The number of halogens is 1. The van der Waals surface area contributed by atoms with Crippen LogP contribution in [-0.2, 0) is 4.79 Å². The number of amides is 1. The molecule has 0 aliphatic heterocycles. The molecule has 0 aliphatic carbocycles. The Morgan fingerprint density at radius 3 is 2.85 bits per heavy atom. The third-order valence-corrected chi connectivity index (χ3v) is 2.94. The first-order chi connectivity index (χ1) is 9.69. The van der Waals surface area contributed by atoms with E-state index in [9.17, 15) is 4.79 Å². The van der Waals surface area contributed by atoms with Gasteiger partial charge in [-0.3, -0.25) is 9.78 Å². The average molecular weight is 328 g/mol. The molecule has 1 aromatic carbocycles. The molecule has 98 valence electrons. The molecule has 0 radical (unpaired) electrons. The highest BCUT2D eigenvalue weighted by Crippen LogP contribution is 2.16. The molecule has 0 bridgehead atoms. The van der Waals surface area contributed by atoms with E-state index in [1.807, 2.05) is 12.1 Å². The van der Waals surface area contributed by atoms with Crippen molar-refractivity contribution >= 4 is 33.6 Å². The standard InChI is InChI=1S/C15H10BrN3O/c16-13-4-1-5-14(8-13)19-15(20)12(9-17)7-11-3-2-6-18-10-11/h1-8,10H,(H,19,20)/b12-7-. The summed E-state index contributed by atoms with van der Waals surface area (Å²) in [6, 6.07) is 12.6. The molecule has 0 spiro atoms. The number of carbonyl (C=O) groups is 1. The monoisotopic (exact) mass is 327 g/mol. The number of nitrogens with zero attached hydrogens (tertiary/aromatic N) is 2. The zero-order chi connectivity index (χ0) is 14.4. The molecule has 0 saturated heterocycles. The first kappa shape index (κ1) is 14.0. The van der Waals surface area contributed by atoms with E-state index in [-0.39, 0.29) is 5.57 Å². The smallest absolute Gasteiger partial charge is 0.266 e. The quantitative estimate of drug-likeness (QED) is 0.694. The Balaban J connectivity index is 2.19. The van der Waals surface area contributed by atoms with Gasteiger partial charge in [0.2, 0.25) is 0 Å². The van der Waals surface area contributed by atoms with Gasteiger partial charge in [-0.2, -0.15) is 5.26 Å². The predicted molar refractivity (Wildman–Crippen MR) is 80.6 cm³/mol. The molecule has 0 fully saturated rings. The van der Waals surface area contributed by atoms with Gasteiger partial charge in [0.25, 0.3) is 5.91 Å². The largest absolute Gasteiger partial charge is 0.321 e. The molecular formula is C15H10BrN3O. The fourth-order valence-corrected chi connectivity index (χ4v) is 1.94. The second-order valence-electron chi connectivity index (χ2n) is 3.92. The van der Waals surface area contributed by atoms with Gasteiger partial charge in [-0.15, -0.1) is 0 Å². The second-order valence-corrected chi connectivity index (χ2v) is 4.84. The Kier molecular flexibility index (Phi) is 4.64. The molecule has 1 aromatic heterocycles. The first-order valence-corrected chi connectivity index (χ1v) is 6.57. The Morgan fingerprint density at radius 2 is 2.20 bits per heavy atom. The Morgan fingerprint density at radius 1 is 1.35 bits per heavy atom. The van der Waals surface area contributed by atoms with E-state index < -0.39 is 5.91 Å². The maximum absolute atomic E-state index is 12.0. The van der Waals surface area contributed by atoms with Crippen LogP contribution in [0.5, 0.6) is 0 Å². The number of benzene rings is 1. The molecule has 2 aromatic rings. The van der Waals surface area contributed by atoms with E-state index in [1.54, 1.807) is 42.7 Å². The van der Waals surface area contributed by atoms with Crippen LogP contribution >= 0.6 is 15.9 Å². The molecule has 0 aliphatic rings. The van der Waals surface area contributed by atoms with Crippen LogP contribution < -0.4 is 5.32 Å². The molecule has 1 amide bonds. The highest BCUT2D eigenvalue weighted by molar-refractivity contribution is 9.10. The summed E-state index contributed by atoms with van der Waals surface area (Å²) in [5.41, 5.74) is 1.35. The molecule has 5 heteroatoms. The van der Waals surface area contributed by atoms with Gasteiger partial charge in [0.05, 0.1) is 0 Å². The summed E-state index contributed by atoms with van der Waals surface area (Å²) in [5, 5.41) is 11.8. The number of hydrogen-bond acceptors (Lipinski definition) is 3. The zero-order valence-electron chi connectivity index (χ0n) is 10.4. The van der Waals surface area contributed by atoms with E-state index in [1.165, 1.54) is 6.08 Å². The van der Waals surface area contributed by atoms with Gasteiger partial charge in [-0.25, -0.2) is 0 Å². The lowest BCUT2D eigenvalue weighted by molar-refractivity contribution is -0.112. The van der Waals surface area contributed by atoms with Gasteiger partial charge in [-0.05, 0) is 35.9 Å². The van der Waals surface area contributed by atoms with Crippen LogP contribution in [0.25, 0.3) is 6.08 Å². The number of pyridine rings is 1. The Labute approximate surface area is 124 Å². The molecule has 0 saturated carbocycles. The van der Waals surface area contributed by atoms with Crippen molar-refractivity contribution in [1.29, 1.82) is 5.26 Å². The normalized spacial score (nSPS) is 10.7. The molecular weight excluding hydrogens is 318 g/mol. The van der Waals surface area contributed by atoms with Crippen molar-refractivity contribution in [1.82, 2.24) is 4.98 Å². The molecule has 4 nitrogen and oxygen atoms in total. The van der Waals surface area contributed by atoms with Crippen LogP contribution in [0.1, 0.15) is 5.56 Å². The second kappa shape index (κ2) is 6.64. The summed E-state index contributed by atoms with van der Waals surface area (Å²) < 4.78 is 0.852. The summed E-state index contributed by atoms with van der Waals surface area (Å²) >= 11 is 3.32. The number of anilines is 1. The minimum absolute atomic E-state index is 0.0259. The number of rotatable bonds is 3. The molecule has 20 heavy (non-hydrogen) atoms. The van der Waals surface area contributed by atoms with E-state index in [0.717, 1.165) is 4.47 Å².